The van der Waals surface area contributed by atoms with Gasteiger partial charge in [0.25, 0.3) is 15.9 Å². The van der Waals surface area contributed by atoms with Crippen molar-refractivity contribution >= 4 is 56.8 Å². The van der Waals surface area contributed by atoms with E-state index in [-0.39, 0.29) is 46.1 Å². The summed E-state index contributed by atoms with van der Waals surface area (Å²) in [6.07, 6.45) is 1.35. The number of halogens is 4. The molecule has 0 spiro atoms. The monoisotopic (exact) mass is 556 g/mol. The molecule has 0 atom stereocenters. The van der Waals surface area contributed by atoms with Crippen LogP contribution in [-0.4, -0.2) is 42.3 Å². The molecule has 1 fully saturated rings. The molecule has 36 heavy (non-hydrogen) atoms. The van der Waals surface area contributed by atoms with Gasteiger partial charge in [0, 0.05) is 22.7 Å². The number of hydrogen-bond acceptors (Lipinski definition) is 6. The maximum absolute atomic E-state index is 12.9. The number of sulfonamides is 1. The van der Waals surface area contributed by atoms with Crippen LogP contribution in [0.1, 0.15) is 5.56 Å². The smallest absolute Gasteiger partial charge is 0.310 e. The molecule has 0 radical (unpaired) electrons. The summed E-state index contributed by atoms with van der Waals surface area (Å²) >= 11 is 5.50. The largest absolute Gasteiger partial charge is 0.446 e. The number of carbonyl (C=O) groups is 2. The van der Waals surface area contributed by atoms with Crippen LogP contribution in [0.5, 0.6) is 0 Å². The van der Waals surface area contributed by atoms with E-state index in [1.807, 2.05) is 0 Å². The van der Waals surface area contributed by atoms with E-state index < -0.39 is 27.5 Å². The Kier molecular flexibility index (Phi) is 7.16. The van der Waals surface area contributed by atoms with Gasteiger partial charge in [-0.15, -0.1) is 0 Å². The van der Waals surface area contributed by atoms with Crippen molar-refractivity contribution in [1.82, 2.24) is 9.88 Å². The van der Waals surface area contributed by atoms with E-state index in [4.69, 9.17) is 11.6 Å². The van der Waals surface area contributed by atoms with Gasteiger partial charge in [0.15, 0.2) is 0 Å². The standard InChI is InChI=1S/C22H16ClF3N4O4S2/c23-15-1-7-18(8-2-15)36(33,34)28-19-11-14(9-10-27-19)12-29-13-20(31)30(21(29)32)16-3-5-17(6-4-16)35-22(24,25)26/h1-11H,12-13H2,(H,27,28). The van der Waals surface area contributed by atoms with Crippen molar-refractivity contribution in [2.45, 2.75) is 21.8 Å². The fourth-order valence-electron chi connectivity index (χ4n) is 3.38. The molecular weight excluding hydrogens is 541 g/mol. The Morgan fingerprint density at radius 3 is 2.33 bits per heavy atom. The molecule has 0 bridgehead atoms. The first-order valence-electron chi connectivity index (χ1n) is 10.1. The lowest BCUT2D eigenvalue weighted by Gasteiger charge is -2.18. The van der Waals surface area contributed by atoms with E-state index in [2.05, 4.69) is 9.71 Å². The van der Waals surface area contributed by atoms with E-state index in [0.717, 1.165) is 4.90 Å². The molecule has 188 valence electrons. The Balaban J connectivity index is 1.46. The molecule has 14 heteroatoms. The first kappa shape index (κ1) is 25.8. The number of aromatic nitrogens is 1. The van der Waals surface area contributed by atoms with Crippen LogP contribution in [0.15, 0.2) is 76.7 Å². The number of benzene rings is 2. The molecule has 1 aromatic heterocycles. The zero-order chi connectivity index (χ0) is 26.1. The zero-order valence-corrected chi connectivity index (χ0v) is 20.5. The van der Waals surface area contributed by atoms with Crippen LogP contribution < -0.4 is 9.62 Å². The lowest BCUT2D eigenvalue weighted by Crippen LogP contribution is -2.32. The number of amides is 3. The summed E-state index contributed by atoms with van der Waals surface area (Å²) in [6, 6.07) is 12.8. The van der Waals surface area contributed by atoms with E-state index in [1.165, 1.54) is 65.7 Å². The molecule has 8 nitrogen and oxygen atoms in total. The number of anilines is 2. The summed E-state index contributed by atoms with van der Waals surface area (Å²) in [4.78, 5) is 31.4. The fourth-order valence-corrected chi connectivity index (χ4v) is 5.05. The summed E-state index contributed by atoms with van der Waals surface area (Å²) < 4.78 is 65.1. The SMILES string of the molecule is O=C1CN(Cc2ccnc(NS(=O)(=O)c3ccc(Cl)cc3)c2)C(=O)N1c1ccc(SC(F)(F)F)cc1. The number of nitrogens with zero attached hydrogens (tertiary/aromatic N) is 3. The molecule has 1 aliphatic rings. The number of imide groups is 1. The number of pyridine rings is 1. The predicted molar refractivity (Wildman–Crippen MR) is 128 cm³/mol. The summed E-state index contributed by atoms with van der Waals surface area (Å²) in [5.74, 6) is -0.538. The van der Waals surface area contributed by atoms with E-state index in [0.29, 0.717) is 10.6 Å². The molecular formula is C22H16ClF3N4O4S2. The van der Waals surface area contributed by atoms with Crippen molar-refractivity contribution in [1.29, 1.82) is 0 Å². The van der Waals surface area contributed by atoms with Gasteiger partial charge in [-0.3, -0.25) is 9.52 Å². The normalized spacial score (nSPS) is 14.4. The van der Waals surface area contributed by atoms with Crippen LogP contribution in [0.4, 0.5) is 29.5 Å². The second-order valence-electron chi connectivity index (χ2n) is 7.52. The second-order valence-corrected chi connectivity index (χ2v) is 10.8. The second kappa shape index (κ2) is 9.99. The van der Waals surface area contributed by atoms with E-state index in [1.54, 1.807) is 6.07 Å². The van der Waals surface area contributed by atoms with Gasteiger partial charge in [-0.25, -0.2) is 23.1 Å². The van der Waals surface area contributed by atoms with Crippen LogP contribution in [0.2, 0.25) is 5.02 Å². The molecule has 2 aromatic carbocycles. The Morgan fingerprint density at radius 1 is 1.03 bits per heavy atom. The Morgan fingerprint density at radius 2 is 1.69 bits per heavy atom. The van der Waals surface area contributed by atoms with Crippen LogP contribution in [0, 0.1) is 0 Å². The average molecular weight is 557 g/mol. The minimum Gasteiger partial charge on any atom is -0.310 e. The maximum Gasteiger partial charge on any atom is 0.446 e. The molecule has 1 aliphatic heterocycles. The van der Waals surface area contributed by atoms with Crippen molar-refractivity contribution in [3.8, 4) is 0 Å². The third kappa shape index (κ3) is 6.09. The third-order valence-corrected chi connectivity index (χ3v) is 7.29. The van der Waals surface area contributed by atoms with Gasteiger partial charge < -0.3 is 4.90 Å². The highest BCUT2D eigenvalue weighted by atomic mass is 35.5. The lowest BCUT2D eigenvalue weighted by atomic mass is 10.2. The highest BCUT2D eigenvalue weighted by molar-refractivity contribution is 8.00. The summed E-state index contributed by atoms with van der Waals surface area (Å²) in [5.41, 5.74) is -3.81. The van der Waals surface area contributed by atoms with E-state index in [9.17, 15) is 31.2 Å². The summed E-state index contributed by atoms with van der Waals surface area (Å²) in [7, 11) is -3.94. The topological polar surface area (TPSA) is 99.7 Å². The number of urea groups is 1. The predicted octanol–water partition coefficient (Wildman–Crippen LogP) is 5.12. The molecule has 3 amide bonds. The van der Waals surface area contributed by atoms with Gasteiger partial charge in [-0.2, -0.15) is 13.2 Å². The van der Waals surface area contributed by atoms with Gasteiger partial charge in [0.2, 0.25) is 0 Å². The van der Waals surface area contributed by atoms with Gasteiger partial charge in [-0.1, -0.05) is 11.6 Å². The van der Waals surface area contributed by atoms with Gasteiger partial charge in [0.05, 0.1) is 10.6 Å². The Bertz CT molecular complexity index is 1400. The van der Waals surface area contributed by atoms with Crippen LogP contribution in [0.25, 0.3) is 0 Å². The molecule has 1 N–H and O–H groups in total. The van der Waals surface area contributed by atoms with Gasteiger partial charge >= 0.3 is 11.5 Å². The Labute approximate surface area is 213 Å². The minimum absolute atomic E-state index is 0.00929. The number of carbonyl (C=O) groups excluding carboxylic acids is 2. The van der Waals surface area contributed by atoms with Crippen molar-refractivity contribution in [3.63, 3.8) is 0 Å². The first-order chi connectivity index (χ1) is 16.9. The zero-order valence-electron chi connectivity index (χ0n) is 18.1. The maximum atomic E-state index is 12.9. The molecule has 2 heterocycles. The van der Waals surface area contributed by atoms with Crippen LogP contribution in [-0.2, 0) is 21.4 Å². The molecule has 0 saturated carbocycles. The van der Waals surface area contributed by atoms with Crippen molar-refractivity contribution in [3.05, 3.63) is 77.4 Å². The molecule has 1 saturated heterocycles. The molecule has 0 aliphatic carbocycles. The summed E-state index contributed by atoms with van der Waals surface area (Å²) in [5, 5.41) is 0.379. The highest BCUT2D eigenvalue weighted by Gasteiger charge is 2.37. The molecule has 4 rings (SSSR count). The summed E-state index contributed by atoms with van der Waals surface area (Å²) in [6.45, 7) is -0.284. The number of rotatable bonds is 7. The van der Waals surface area contributed by atoms with Crippen molar-refractivity contribution in [2.75, 3.05) is 16.2 Å². The quantitative estimate of drug-likeness (QED) is 0.320. The molecule has 3 aromatic rings. The van der Waals surface area contributed by atoms with Crippen LogP contribution in [0.3, 0.4) is 0 Å². The van der Waals surface area contributed by atoms with Gasteiger partial charge in [0.1, 0.15) is 12.4 Å². The minimum atomic E-state index is -4.45. The van der Waals surface area contributed by atoms with Crippen LogP contribution >= 0.6 is 23.4 Å². The molecule has 0 unspecified atom stereocenters. The number of thioether (sulfide) groups is 1. The lowest BCUT2D eigenvalue weighted by molar-refractivity contribution is -0.116. The average Bonchev–Trinajstić information content (AvgIpc) is 3.06. The number of alkyl halides is 3. The third-order valence-electron chi connectivity index (χ3n) is 4.93. The van der Waals surface area contributed by atoms with E-state index >= 15 is 0 Å². The number of nitrogens with one attached hydrogen (secondary N) is 1. The first-order valence-corrected chi connectivity index (χ1v) is 12.8. The Hall–Kier alpha value is -3.29. The van der Waals surface area contributed by atoms with Crippen molar-refractivity contribution < 1.29 is 31.2 Å². The fraction of sp³-hybridized carbons (Fsp3) is 0.136. The van der Waals surface area contributed by atoms with Crippen molar-refractivity contribution in [2.24, 2.45) is 0 Å². The van der Waals surface area contributed by atoms with Gasteiger partial charge in [-0.05, 0) is 78.0 Å². The highest BCUT2D eigenvalue weighted by Crippen LogP contribution is 2.37. The number of hydrogen-bond donors (Lipinski definition) is 1.